The van der Waals surface area contributed by atoms with E-state index in [0.29, 0.717) is 38.2 Å². The molecule has 31 heavy (non-hydrogen) atoms. The van der Waals surface area contributed by atoms with E-state index in [0.717, 1.165) is 5.56 Å². The van der Waals surface area contributed by atoms with Gasteiger partial charge in [-0.15, -0.1) is 0 Å². The molecule has 0 radical (unpaired) electrons. The fraction of sp³-hybridized carbons (Fsp3) is 0.273. The zero-order valence-electron chi connectivity index (χ0n) is 16.8. The molecule has 1 saturated heterocycles. The van der Waals surface area contributed by atoms with Gasteiger partial charge in [-0.25, -0.2) is 27.3 Å². The summed E-state index contributed by atoms with van der Waals surface area (Å²) in [5, 5.41) is 7.71. The largest absolute Gasteiger partial charge is 0.348 e. The SMILES string of the molecule is O=c1[nH]nc(CC2CCN(S(=O)(=O)/C=C/c3ccccc3)CC2)n1-c1ccccc1F. The second-order valence-corrected chi connectivity index (χ2v) is 9.36. The third-order valence-electron chi connectivity index (χ3n) is 5.47. The quantitative estimate of drug-likeness (QED) is 0.636. The molecule has 0 aliphatic carbocycles. The minimum atomic E-state index is -3.50. The van der Waals surface area contributed by atoms with Crippen molar-refractivity contribution < 1.29 is 12.8 Å². The molecule has 2 aromatic carbocycles. The fourth-order valence-electron chi connectivity index (χ4n) is 3.79. The maximum absolute atomic E-state index is 14.2. The maximum atomic E-state index is 14.2. The van der Waals surface area contributed by atoms with E-state index in [1.165, 1.54) is 26.4 Å². The molecule has 1 aliphatic rings. The molecule has 0 unspecified atom stereocenters. The van der Waals surface area contributed by atoms with E-state index in [2.05, 4.69) is 10.2 Å². The normalized spacial score (nSPS) is 16.2. The first-order valence-corrected chi connectivity index (χ1v) is 11.6. The first kappa shape index (κ1) is 21.2. The molecule has 9 heteroatoms. The van der Waals surface area contributed by atoms with E-state index in [4.69, 9.17) is 0 Å². The molecule has 162 valence electrons. The number of benzene rings is 2. The monoisotopic (exact) mass is 442 g/mol. The highest BCUT2D eigenvalue weighted by atomic mass is 32.2. The number of rotatable bonds is 6. The Morgan fingerprint density at radius 1 is 1.06 bits per heavy atom. The van der Waals surface area contributed by atoms with Gasteiger partial charge in [-0.1, -0.05) is 42.5 Å². The molecule has 2 heterocycles. The van der Waals surface area contributed by atoms with Crippen molar-refractivity contribution >= 4 is 16.1 Å². The number of aromatic amines is 1. The number of H-pyrrole nitrogens is 1. The summed E-state index contributed by atoms with van der Waals surface area (Å²) in [4.78, 5) is 12.2. The Balaban J connectivity index is 1.42. The van der Waals surface area contributed by atoms with Gasteiger partial charge in [0, 0.05) is 24.9 Å². The van der Waals surface area contributed by atoms with Gasteiger partial charge in [0.25, 0.3) is 0 Å². The van der Waals surface area contributed by atoms with Crippen molar-refractivity contribution in [2.75, 3.05) is 13.1 Å². The van der Waals surface area contributed by atoms with Crippen LogP contribution in [0.3, 0.4) is 0 Å². The Bertz CT molecular complexity index is 1230. The van der Waals surface area contributed by atoms with Crippen LogP contribution in [0.15, 0.2) is 64.8 Å². The summed E-state index contributed by atoms with van der Waals surface area (Å²) in [6, 6.07) is 15.3. The number of para-hydroxylation sites is 1. The van der Waals surface area contributed by atoms with Crippen LogP contribution in [-0.2, 0) is 16.4 Å². The minimum absolute atomic E-state index is 0.144. The van der Waals surface area contributed by atoms with Gasteiger partial charge in [0.2, 0.25) is 10.0 Å². The lowest BCUT2D eigenvalue weighted by Crippen LogP contribution is -2.38. The van der Waals surface area contributed by atoms with Crippen molar-refractivity contribution in [1.82, 2.24) is 19.1 Å². The summed E-state index contributed by atoms with van der Waals surface area (Å²) < 4.78 is 42.2. The lowest BCUT2D eigenvalue weighted by atomic mass is 9.94. The van der Waals surface area contributed by atoms with Crippen molar-refractivity contribution in [1.29, 1.82) is 0 Å². The van der Waals surface area contributed by atoms with Gasteiger partial charge in [0.15, 0.2) is 0 Å². The molecule has 4 rings (SSSR count). The molecule has 0 amide bonds. The van der Waals surface area contributed by atoms with Crippen molar-refractivity contribution in [3.63, 3.8) is 0 Å². The average molecular weight is 443 g/mol. The summed E-state index contributed by atoms with van der Waals surface area (Å²) in [5.74, 6) is 0.0871. The second-order valence-electron chi connectivity index (χ2n) is 7.54. The molecule has 3 aromatic rings. The summed E-state index contributed by atoms with van der Waals surface area (Å²) in [6.45, 7) is 0.779. The lowest BCUT2D eigenvalue weighted by Gasteiger charge is -2.30. The number of hydrogen-bond acceptors (Lipinski definition) is 4. The van der Waals surface area contributed by atoms with Crippen molar-refractivity contribution in [2.24, 2.45) is 5.92 Å². The number of piperidine rings is 1. The summed E-state index contributed by atoms with van der Waals surface area (Å²) in [6.07, 6.45) is 3.33. The fourth-order valence-corrected chi connectivity index (χ4v) is 5.01. The lowest BCUT2D eigenvalue weighted by molar-refractivity contribution is 0.272. The van der Waals surface area contributed by atoms with Gasteiger partial charge in [-0.2, -0.15) is 9.40 Å². The number of sulfonamides is 1. The van der Waals surface area contributed by atoms with Crippen molar-refractivity contribution in [3.8, 4) is 5.69 Å². The van der Waals surface area contributed by atoms with Crippen LogP contribution in [0.5, 0.6) is 0 Å². The van der Waals surface area contributed by atoms with E-state index < -0.39 is 21.5 Å². The van der Waals surface area contributed by atoms with E-state index in [9.17, 15) is 17.6 Å². The predicted molar refractivity (Wildman–Crippen MR) is 117 cm³/mol. The first-order valence-electron chi connectivity index (χ1n) is 10.1. The Morgan fingerprint density at radius 3 is 2.45 bits per heavy atom. The molecule has 0 bridgehead atoms. The van der Waals surface area contributed by atoms with Crippen LogP contribution in [-0.4, -0.2) is 40.6 Å². The number of hydrogen-bond donors (Lipinski definition) is 1. The molecule has 1 N–H and O–H groups in total. The zero-order valence-corrected chi connectivity index (χ0v) is 17.6. The van der Waals surface area contributed by atoms with Crippen molar-refractivity contribution in [2.45, 2.75) is 19.3 Å². The van der Waals surface area contributed by atoms with Crippen LogP contribution in [0.2, 0.25) is 0 Å². The molecule has 7 nitrogen and oxygen atoms in total. The zero-order chi connectivity index (χ0) is 21.8. The van der Waals surface area contributed by atoms with Gasteiger partial charge in [-0.05, 0) is 42.5 Å². The predicted octanol–water partition coefficient (Wildman–Crippen LogP) is 2.95. The number of halogens is 1. The standard InChI is InChI=1S/C22H23FN4O3S/c23-19-8-4-5-9-20(19)27-21(24-25-22(27)28)16-18-10-13-26(14-11-18)31(29,30)15-12-17-6-2-1-3-7-17/h1-9,12,15,18H,10-11,13-14,16H2,(H,25,28)/b15-12+. The van der Waals surface area contributed by atoms with Crippen LogP contribution in [0.1, 0.15) is 24.2 Å². The highest BCUT2D eigenvalue weighted by Gasteiger charge is 2.28. The number of nitrogens with one attached hydrogen (secondary N) is 1. The van der Waals surface area contributed by atoms with Crippen LogP contribution in [0.4, 0.5) is 4.39 Å². The third kappa shape index (κ3) is 4.83. The molecule has 0 spiro atoms. The van der Waals surface area contributed by atoms with E-state index >= 15 is 0 Å². The Kier molecular flexibility index (Phi) is 6.15. The number of aromatic nitrogens is 3. The molecular weight excluding hydrogens is 419 g/mol. The summed E-state index contributed by atoms with van der Waals surface area (Å²) in [5.41, 5.74) is 0.485. The van der Waals surface area contributed by atoms with Gasteiger partial charge in [-0.3, -0.25) is 0 Å². The van der Waals surface area contributed by atoms with Crippen molar-refractivity contribution in [3.05, 3.63) is 87.7 Å². The Hall–Kier alpha value is -3.04. The minimum Gasteiger partial charge on any atom is -0.246 e. The second kappa shape index (κ2) is 8.99. The molecule has 1 fully saturated rings. The van der Waals surface area contributed by atoms with Crippen LogP contribution in [0, 0.1) is 11.7 Å². The molecular formula is C22H23FN4O3S. The van der Waals surface area contributed by atoms with E-state index in [1.54, 1.807) is 18.2 Å². The molecule has 1 aliphatic heterocycles. The smallest absolute Gasteiger partial charge is 0.246 e. The van der Waals surface area contributed by atoms with E-state index in [-0.39, 0.29) is 11.6 Å². The van der Waals surface area contributed by atoms with Gasteiger partial charge >= 0.3 is 5.69 Å². The molecule has 0 atom stereocenters. The van der Waals surface area contributed by atoms with E-state index in [1.807, 2.05) is 30.3 Å². The topological polar surface area (TPSA) is 88.1 Å². The molecule has 0 saturated carbocycles. The average Bonchev–Trinajstić information content (AvgIpc) is 3.13. The Morgan fingerprint density at radius 2 is 1.74 bits per heavy atom. The van der Waals surface area contributed by atoms with Crippen LogP contribution in [0.25, 0.3) is 11.8 Å². The molecule has 1 aromatic heterocycles. The third-order valence-corrected chi connectivity index (χ3v) is 7.04. The summed E-state index contributed by atoms with van der Waals surface area (Å²) in [7, 11) is -3.50. The van der Waals surface area contributed by atoms with Crippen LogP contribution >= 0.6 is 0 Å². The highest BCUT2D eigenvalue weighted by molar-refractivity contribution is 7.92. The number of nitrogens with zero attached hydrogens (tertiary/aromatic N) is 3. The van der Waals surface area contributed by atoms with Gasteiger partial charge in [0.05, 0.1) is 5.69 Å². The summed E-state index contributed by atoms with van der Waals surface area (Å²) >= 11 is 0. The first-order chi connectivity index (χ1) is 14.9. The Labute approximate surface area is 179 Å². The van der Waals surface area contributed by atoms with Crippen LogP contribution < -0.4 is 5.69 Å². The maximum Gasteiger partial charge on any atom is 0.348 e. The van der Waals surface area contributed by atoms with Gasteiger partial charge in [0.1, 0.15) is 11.6 Å². The van der Waals surface area contributed by atoms with Gasteiger partial charge < -0.3 is 0 Å². The highest BCUT2D eigenvalue weighted by Crippen LogP contribution is 2.24.